The third kappa shape index (κ3) is 4.24. The molecular weight excluding hydrogens is 468 g/mol. The maximum Gasteiger partial charge on any atom is 0.141 e. The van der Waals surface area contributed by atoms with E-state index in [2.05, 4.69) is 46.4 Å². The van der Waals surface area contributed by atoms with Gasteiger partial charge in [-0.1, -0.05) is 48.5 Å². The standard InChI is InChI=1S/C32H18N6/c33-19-23-17-21(13-15-35-23)29-9-3-11-31(37-29)27-7-1-5-25-26(27)6-2-8-28(25)32-12-4-10-30(38-32)22-14-16-36-24(18-22)20-34/h1-18H. The molecule has 0 aliphatic rings. The Morgan fingerprint density at radius 1 is 0.474 bits per heavy atom. The number of rotatable bonds is 4. The molecule has 4 aromatic heterocycles. The van der Waals surface area contributed by atoms with Crippen LogP contribution < -0.4 is 0 Å². The monoisotopic (exact) mass is 486 g/mol. The Bertz CT molecular complexity index is 1770. The van der Waals surface area contributed by atoms with Gasteiger partial charge in [0.2, 0.25) is 0 Å². The van der Waals surface area contributed by atoms with Gasteiger partial charge in [0, 0.05) is 34.6 Å². The summed E-state index contributed by atoms with van der Waals surface area (Å²) >= 11 is 0. The predicted octanol–water partition coefficient (Wildman–Crippen LogP) is 6.83. The van der Waals surface area contributed by atoms with E-state index in [4.69, 9.17) is 9.97 Å². The number of aromatic nitrogens is 4. The molecule has 2 aromatic carbocycles. The molecule has 38 heavy (non-hydrogen) atoms. The van der Waals surface area contributed by atoms with Gasteiger partial charge in [0.1, 0.15) is 23.5 Å². The molecule has 0 saturated heterocycles. The van der Waals surface area contributed by atoms with Gasteiger partial charge in [-0.05, 0) is 59.3 Å². The molecule has 4 heterocycles. The Balaban J connectivity index is 1.45. The van der Waals surface area contributed by atoms with E-state index >= 15 is 0 Å². The molecule has 6 heteroatoms. The van der Waals surface area contributed by atoms with Crippen molar-refractivity contribution in [1.29, 1.82) is 10.5 Å². The Labute approximate surface area is 219 Å². The zero-order chi connectivity index (χ0) is 25.9. The molecular formula is C32H18N6. The molecule has 0 saturated carbocycles. The van der Waals surface area contributed by atoms with Crippen LogP contribution in [0.2, 0.25) is 0 Å². The van der Waals surface area contributed by atoms with Crippen LogP contribution >= 0.6 is 0 Å². The van der Waals surface area contributed by atoms with Crippen molar-refractivity contribution < 1.29 is 0 Å². The fourth-order valence-electron chi connectivity index (χ4n) is 4.55. The Kier molecular flexibility index (Phi) is 5.82. The lowest BCUT2D eigenvalue weighted by Gasteiger charge is -2.12. The van der Waals surface area contributed by atoms with Gasteiger partial charge >= 0.3 is 0 Å². The van der Waals surface area contributed by atoms with Crippen LogP contribution in [0.25, 0.3) is 55.8 Å². The molecule has 6 aromatic rings. The zero-order valence-electron chi connectivity index (χ0n) is 20.1. The first-order chi connectivity index (χ1) is 18.7. The quantitative estimate of drug-likeness (QED) is 0.271. The average Bonchev–Trinajstić information content (AvgIpc) is 3.00. The summed E-state index contributed by atoms with van der Waals surface area (Å²) in [6.07, 6.45) is 3.25. The van der Waals surface area contributed by atoms with Crippen molar-refractivity contribution in [2.45, 2.75) is 0 Å². The number of nitriles is 2. The third-order valence-electron chi connectivity index (χ3n) is 6.31. The Hall–Kier alpha value is -5.72. The summed E-state index contributed by atoms with van der Waals surface area (Å²) in [5, 5.41) is 20.6. The lowest BCUT2D eigenvalue weighted by atomic mass is 9.96. The molecule has 0 spiro atoms. The smallest absolute Gasteiger partial charge is 0.141 e. The molecule has 6 nitrogen and oxygen atoms in total. The minimum absolute atomic E-state index is 0.356. The molecule has 0 bridgehead atoms. The van der Waals surface area contributed by atoms with Crippen molar-refractivity contribution in [2.24, 2.45) is 0 Å². The van der Waals surface area contributed by atoms with Crippen LogP contribution in [0.5, 0.6) is 0 Å². The minimum atomic E-state index is 0.356. The summed E-state index contributed by atoms with van der Waals surface area (Å²) in [7, 11) is 0. The second-order valence-electron chi connectivity index (χ2n) is 8.61. The van der Waals surface area contributed by atoms with Gasteiger partial charge in [0.15, 0.2) is 0 Å². The Morgan fingerprint density at radius 2 is 0.895 bits per heavy atom. The van der Waals surface area contributed by atoms with Gasteiger partial charge in [0.25, 0.3) is 0 Å². The SMILES string of the molecule is N#Cc1cc(-c2cccc(-c3cccc4c(-c5cccc(-c6ccnc(C#N)c6)n5)cccc34)n2)ccn1. The predicted molar refractivity (Wildman–Crippen MR) is 146 cm³/mol. The second kappa shape index (κ2) is 9.73. The van der Waals surface area contributed by atoms with Crippen molar-refractivity contribution in [2.75, 3.05) is 0 Å². The fourth-order valence-corrected chi connectivity index (χ4v) is 4.55. The van der Waals surface area contributed by atoms with E-state index < -0.39 is 0 Å². The largest absolute Gasteiger partial charge is 0.248 e. The molecule has 0 aliphatic heterocycles. The third-order valence-corrected chi connectivity index (χ3v) is 6.31. The highest BCUT2D eigenvalue weighted by Crippen LogP contribution is 2.35. The van der Waals surface area contributed by atoms with Crippen LogP contribution in [0.3, 0.4) is 0 Å². The highest BCUT2D eigenvalue weighted by molar-refractivity contribution is 6.03. The van der Waals surface area contributed by atoms with Gasteiger partial charge in [-0.3, -0.25) is 0 Å². The highest BCUT2D eigenvalue weighted by atomic mass is 14.7. The van der Waals surface area contributed by atoms with E-state index in [1.807, 2.05) is 60.7 Å². The first-order valence-corrected chi connectivity index (χ1v) is 11.9. The van der Waals surface area contributed by atoms with E-state index in [9.17, 15) is 10.5 Å². The molecule has 0 radical (unpaired) electrons. The van der Waals surface area contributed by atoms with Gasteiger partial charge in [-0.15, -0.1) is 0 Å². The molecule has 0 amide bonds. The van der Waals surface area contributed by atoms with Crippen LogP contribution in [0.1, 0.15) is 11.4 Å². The van der Waals surface area contributed by atoms with E-state index in [1.165, 1.54) is 0 Å². The van der Waals surface area contributed by atoms with Crippen LogP contribution in [0, 0.1) is 22.7 Å². The van der Waals surface area contributed by atoms with Crippen molar-refractivity contribution in [3.05, 3.63) is 121 Å². The van der Waals surface area contributed by atoms with Crippen molar-refractivity contribution in [3.8, 4) is 57.2 Å². The number of benzene rings is 2. The average molecular weight is 487 g/mol. The first kappa shape index (κ1) is 22.7. The molecule has 0 aliphatic carbocycles. The number of hydrogen-bond acceptors (Lipinski definition) is 6. The molecule has 0 atom stereocenters. The van der Waals surface area contributed by atoms with Gasteiger partial charge < -0.3 is 0 Å². The topological polar surface area (TPSA) is 99.1 Å². The van der Waals surface area contributed by atoms with Crippen LogP contribution in [-0.4, -0.2) is 19.9 Å². The van der Waals surface area contributed by atoms with Crippen LogP contribution in [-0.2, 0) is 0 Å². The summed E-state index contributed by atoms with van der Waals surface area (Å²) in [4.78, 5) is 18.0. The summed E-state index contributed by atoms with van der Waals surface area (Å²) < 4.78 is 0. The number of pyridine rings is 4. The molecule has 176 valence electrons. The maximum absolute atomic E-state index is 9.23. The lowest BCUT2D eigenvalue weighted by Crippen LogP contribution is -1.93. The van der Waals surface area contributed by atoms with Crippen LogP contribution in [0.15, 0.2) is 109 Å². The van der Waals surface area contributed by atoms with Crippen molar-refractivity contribution in [3.63, 3.8) is 0 Å². The van der Waals surface area contributed by atoms with Crippen LogP contribution in [0.4, 0.5) is 0 Å². The lowest BCUT2D eigenvalue weighted by molar-refractivity contribution is 1.25. The fraction of sp³-hybridized carbons (Fsp3) is 0. The summed E-state index contributed by atoms with van der Waals surface area (Å²) in [6, 6.07) is 35.5. The van der Waals surface area contributed by atoms with Crippen molar-refractivity contribution in [1.82, 2.24) is 19.9 Å². The summed E-state index contributed by atoms with van der Waals surface area (Å²) in [6.45, 7) is 0. The molecule has 0 N–H and O–H groups in total. The van der Waals surface area contributed by atoms with E-state index in [0.717, 1.165) is 55.8 Å². The number of nitrogens with zero attached hydrogens (tertiary/aromatic N) is 6. The van der Waals surface area contributed by atoms with Gasteiger partial charge in [-0.2, -0.15) is 10.5 Å². The number of fused-ring (bicyclic) bond motifs is 1. The van der Waals surface area contributed by atoms with E-state index in [1.54, 1.807) is 24.5 Å². The van der Waals surface area contributed by atoms with E-state index in [-0.39, 0.29) is 0 Å². The summed E-state index contributed by atoms with van der Waals surface area (Å²) in [5.41, 5.74) is 7.63. The van der Waals surface area contributed by atoms with Gasteiger partial charge in [0.05, 0.1) is 22.8 Å². The normalized spacial score (nSPS) is 10.6. The second-order valence-corrected chi connectivity index (χ2v) is 8.61. The molecule has 6 rings (SSSR count). The molecule has 0 fully saturated rings. The maximum atomic E-state index is 9.23. The highest BCUT2D eigenvalue weighted by Gasteiger charge is 2.12. The zero-order valence-corrected chi connectivity index (χ0v) is 20.1. The van der Waals surface area contributed by atoms with E-state index in [0.29, 0.717) is 11.4 Å². The van der Waals surface area contributed by atoms with Crippen molar-refractivity contribution >= 4 is 10.8 Å². The Morgan fingerprint density at radius 3 is 1.34 bits per heavy atom. The minimum Gasteiger partial charge on any atom is -0.248 e. The first-order valence-electron chi connectivity index (χ1n) is 11.9. The molecule has 0 unspecified atom stereocenters. The summed E-state index contributed by atoms with van der Waals surface area (Å²) in [5.74, 6) is 0. The van der Waals surface area contributed by atoms with Gasteiger partial charge in [-0.25, -0.2) is 19.9 Å². The number of hydrogen-bond donors (Lipinski definition) is 0.